The predicted molar refractivity (Wildman–Crippen MR) is 128 cm³/mol. The predicted octanol–water partition coefficient (Wildman–Crippen LogP) is 3.24. The van der Waals surface area contributed by atoms with E-state index in [1.165, 1.54) is 32.1 Å². The van der Waals surface area contributed by atoms with E-state index in [-0.39, 0.29) is 12.6 Å². The van der Waals surface area contributed by atoms with Gasteiger partial charge in [0.05, 0.1) is 11.5 Å². The lowest BCUT2D eigenvalue weighted by atomic mass is 9.96. The molecule has 0 amide bonds. The SMILES string of the molecule is Cc1ccc(S(=O)(=O)N2CCCCC2CN2CCCCC2CN2CCCCC2CO)cc1. The number of sulfonamides is 1. The monoisotopic (exact) mass is 463 g/mol. The molecule has 6 nitrogen and oxygen atoms in total. The lowest BCUT2D eigenvalue weighted by Gasteiger charge is -2.45. The summed E-state index contributed by atoms with van der Waals surface area (Å²) in [5, 5.41) is 9.84. The Morgan fingerprint density at radius 1 is 0.781 bits per heavy atom. The standard InChI is InChI=1S/C25H41N3O3S/c1-21-11-13-25(14-12-21)32(30,31)28-17-7-4-9-23(28)19-26-15-5-2-8-22(26)18-27-16-6-3-10-24(27)20-29/h11-14,22-24,29H,2-10,15-20H2,1H3. The van der Waals surface area contributed by atoms with Crippen molar-refractivity contribution in [2.24, 2.45) is 0 Å². The van der Waals surface area contributed by atoms with Gasteiger partial charge in [0.25, 0.3) is 0 Å². The van der Waals surface area contributed by atoms with Crippen LogP contribution in [0, 0.1) is 6.92 Å². The van der Waals surface area contributed by atoms with Crippen LogP contribution in [0.4, 0.5) is 0 Å². The van der Waals surface area contributed by atoms with Crippen molar-refractivity contribution in [1.82, 2.24) is 14.1 Å². The van der Waals surface area contributed by atoms with E-state index < -0.39 is 10.0 Å². The molecule has 3 saturated heterocycles. The Morgan fingerprint density at radius 2 is 1.31 bits per heavy atom. The summed E-state index contributed by atoms with van der Waals surface area (Å²) in [4.78, 5) is 5.48. The lowest BCUT2D eigenvalue weighted by molar-refractivity contribution is 0.0342. The fourth-order valence-corrected chi connectivity index (χ4v) is 7.56. The van der Waals surface area contributed by atoms with Gasteiger partial charge in [-0.3, -0.25) is 9.80 Å². The average Bonchev–Trinajstić information content (AvgIpc) is 2.81. The summed E-state index contributed by atoms with van der Waals surface area (Å²) >= 11 is 0. The molecule has 0 aromatic heterocycles. The van der Waals surface area contributed by atoms with Crippen LogP contribution in [0.25, 0.3) is 0 Å². The minimum Gasteiger partial charge on any atom is -0.395 e. The first-order chi connectivity index (χ1) is 15.5. The van der Waals surface area contributed by atoms with Gasteiger partial charge < -0.3 is 5.11 Å². The Labute approximate surface area is 194 Å². The van der Waals surface area contributed by atoms with E-state index in [2.05, 4.69) is 9.80 Å². The normalized spacial score (nSPS) is 29.2. The van der Waals surface area contributed by atoms with Crippen LogP contribution < -0.4 is 0 Å². The molecular weight excluding hydrogens is 422 g/mol. The molecule has 180 valence electrons. The molecule has 7 heteroatoms. The molecule has 32 heavy (non-hydrogen) atoms. The molecule has 3 aliphatic heterocycles. The van der Waals surface area contributed by atoms with E-state index in [0.29, 0.717) is 23.5 Å². The summed E-state index contributed by atoms with van der Waals surface area (Å²) in [5.41, 5.74) is 1.08. The van der Waals surface area contributed by atoms with Crippen LogP contribution in [-0.4, -0.2) is 85.1 Å². The molecule has 3 unspecified atom stereocenters. The molecule has 0 aliphatic carbocycles. The second kappa shape index (κ2) is 11.0. The van der Waals surface area contributed by atoms with Crippen LogP contribution >= 0.6 is 0 Å². The first-order valence-corrected chi connectivity index (χ1v) is 14.1. The zero-order valence-electron chi connectivity index (χ0n) is 19.7. The zero-order chi connectivity index (χ0) is 22.6. The molecule has 3 heterocycles. The molecule has 0 spiro atoms. The Balaban J connectivity index is 1.47. The van der Waals surface area contributed by atoms with Crippen molar-refractivity contribution in [2.75, 3.05) is 39.3 Å². The Kier molecular flexibility index (Phi) is 8.27. The molecule has 1 aromatic rings. The van der Waals surface area contributed by atoms with Crippen molar-refractivity contribution in [3.8, 4) is 0 Å². The van der Waals surface area contributed by atoms with Gasteiger partial charge in [0.2, 0.25) is 10.0 Å². The zero-order valence-corrected chi connectivity index (χ0v) is 20.5. The quantitative estimate of drug-likeness (QED) is 0.673. The number of hydrogen-bond acceptors (Lipinski definition) is 5. The van der Waals surface area contributed by atoms with Crippen molar-refractivity contribution in [3.63, 3.8) is 0 Å². The lowest BCUT2D eigenvalue weighted by Crippen LogP contribution is -2.56. The van der Waals surface area contributed by atoms with E-state index in [1.807, 2.05) is 19.1 Å². The molecule has 4 rings (SSSR count). The number of piperidine rings is 3. The summed E-state index contributed by atoms with van der Waals surface area (Å²) < 4.78 is 28.8. The molecular formula is C25H41N3O3S. The van der Waals surface area contributed by atoms with Gasteiger partial charge in [0, 0.05) is 37.8 Å². The summed E-state index contributed by atoms with van der Waals surface area (Å²) in [5.74, 6) is 0. The van der Waals surface area contributed by atoms with E-state index in [0.717, 1.165) is 57.4 Å². The highest BCUT2D eigenvalue weighted by atomic mass is 32.2. The summed E-state index contributed by atoms with van der Waals surface area (Å²) in [6, 6.07) is 8.09. The highest BCUT2D eigenvalue weighted by Crippen LogP contribution is 2.29. The van der Waals surface area contributed by atoms with E-state index in [9.17, 15) is 13.5 Å². The molecule has 0 bridgehead atoms. The molecule has 1 aromatic carbocycles. The maximum Gasteiger partial charge on any atom is 0.243 e. The maximum atomic E-state index is 13.5. The van der Waals surface area contributed by atoms with Crippen molar-refractivity contribution in [2.45, 2.75) is 87.7 Å². The van der Waals surface area contributed by atoms with Crippen molar-refractivity contribution in [3.05, 3.63) is 29.8 Å². The van der Waals surface area contributed by atoms with Crippen LogP contribution in [0.5, 0.6) is 0 Å². The Hall–Kier alpha value is -0.990. The molecule has 0 radical (unpaired) electrons. The number of nitrogens with zero attached hydrogens (tertiary/aromatic N) is 3. The summed E-state index contributed by atoms with van der Waals surface area (Å²) in [6.07, 6.45) is 10.1. The molecule has 3 fully saturated rings. The van der Waals surface area contributed by atoms with Crippen LogP contribution in [0.3, 0.4) is 0 Å². The molecule has 3 atom stereocenters. The second-order valence-corrected chi connectivity index (χ2v) is 11.9. The number of rotatable bonds is 7. The van der Waals surface area contributed by atoms with Crippen LogP contribution in [-0.2, 0) is 10.0 Å². The van der Waals surface area contributed by atoms with E-state index in [1.54, 1.807) is 16.4 Å². The van der Waals surface area contributed by atoms with E-state index in [4.69, 9.17) is 0 Å². The highest BCUT2D eigenvalue weighted by Gasteiger charge is 2.37. The molecule has 1 N–H and O–H groups in total. The van der Waals surface area contributed by atoms with Crippen LogP contribution in [0.15, 0.2) is 29.2 Å². The Bertz CT molecular complexity index is 829. The summed E-state index contributed by atoms with van der Waals surface area (Å²) in [6.45, 7) is 6.82. The minimum atomic E-state index is -3.47. The number of aryl methyl sites for hydroxylation is 1. The largest absolute Gasteiger partial charge is 0.395 e. The maximum absolute atomic E-state index is 13.5. The van der Waals surface area contributed by atoms with Crippen molar-refractivity contribution in [1.29, 1.82) is 0 Å². The molecule has 3 aliphatic rings. The molecule has 0 saturated carbocycles. The number of hydrogen-bond donors (Lipinski definition) is 1. The fraction of sp³-hybridized carbons (Fsp3) is 0.760. The topological polar surface area (TPSA) is 64.1 Å². The van der Waals surface area contributed by atoms with Gasteiger partial charge in [-0.1, -0.05) is 37.0 Å². The highest BCUT2D eigenvalue weighted by molar-refractivity contribution is 7.89. The van der Waals surface area contributed by atoms with E-state index >= 15 is 0 Å². The van der Waals surface area contributed by atoms with Gasteiger partial charge in [-0.2, -0.15) is 4.31 Å². The third-order valence-corrected chi connectivity index (χ3v) is 9.77. The third kappa shape index (κ3) is 5.55. The van der Waals surface area contributed by atoms with Gasteiger partial charge in [0.1, 0.15) is 0 Å². The number of likely N-dealkylation sites (tertiary alicyclic amines) is 2. The average molecular weight is 464 g/mol. The minimum absolute atomic E-state index is 0.0469. The van der Waals surface area contributed by atoms with Gasteiger partial charge in [-0.15, -0.1) is 0 Å². The van der Waals surface area contributed by atoms with Gasteiger partial charge >= 0.3 is 0 Å². The number of aliphatic hydroxyl groups excluding tert-OH is 1. The van der Waals surface area contributed by atoms with Gasteiger partial charge in [-0.05, 0) is 70.7 Å². The number of benzene rings is 1. The van der Waals surface area contributed by atoms with Gasteiger partial charge in [-0.25, -0.2) is 8.42 Å². The first kappa shape index (κ1) is 24.1. The van der Waals surface area contributed by atoms with Crippen molar-refractivity contribution >= 4 is 10.0 Å². The smallest absolute Gasteiger partial charge is 0.243 e. The number of aliphatic hydroxyl groups is 1. The van der Waals surface area contributed by atoms with Gasteiger partial charge in [0.15, 0.2) is 0 Å². The third-order valence-electron chi connectivity index (χ3n) is 7.80. The Morgan fingerprint density at radius 3 is 1.97 bits per heavy atom. The second-order valence-electron chi connectivity index (χ2n) is 10.1. The summed E-state index contributed by atoms with van der Waals surface area (Å²) in [7, 11) is -3.47. The first-order valence-electron chi connectivity index (χ1n) is 12.7. The van der Waals surface area contributed by atoms with Crippen LogP contribution in [0.1, 0.15) is 63.4 Å². The van der Waals surface area contributed by atoms with Crippen molar-refractivity contribution < 1.29 is 13.5 Å². The van der Waals surface area contributed by atoms with Crippen LogP contribution in [0.2, 0.25) is 0 Å². The fourth-order valence-electron chi connectivity index (χ4n) is 5.87.